The minimum atomic E-state index is -5.94. The number of halogens is 6. The molecule has 5 nitrogen and oxygen atoms in total. The molecule has 3 aromatic rings. The normalized spacial score (nSPS) is 16.6. The number of nitrogens with zero attached hydrogens (tertiary/aromatic N) is 2. The molecule has 1 unspecified atom stereocenters. The Kier molecular flexibility index (Phi) is 6.13. The number of aromatic nitrogens is 1. The fraction of sp³-hybridized carbons (Fsp3) is 0.375. The van der Waals surface area contributed by atoms with Crippen LogP contribution >= 0.6 is 0 Å². The van der Waals surface area contributed by atoms with Crippen molar-refractivity contribution in [1.29, 1.82) is 0 Å². The number of benzene rings is 2. The van der Waals surface area contributed by atoms with E-state index in [1.54, 1.807) is 38.1 Å². The van der Waals surface area contributed by atoms with Crippen LogP contribution in [0.25, 0.3) is 11.5 Å². The Labute approximate surface area is 196 Å². The van der Waals surface area contributed by atoms with Crippen LogP contribution in [-0.4, -0.2) is 33.6 Å². The first-order valence-electron chi connectivity index (χ1n) is 10.7. The summed E-state index contributed by atoms with van der Waals surface area (Å²) in [6.07, 6.45) is -11.7. The van der Waals surface area contributed by atoms with Crippen molar-refractivity contribution in [2.45, 2.75) is 57.4 Å². The molecular weight excluding hydrogens is 478 g/mol. The maximum absolute atomic E-state index is 13.3. The summed E-state index contributed by atoms with van der Waals surface area (Å²) in [7, 11) is 0. The monoisotopic (exact) mass is 500 g/mol. The Morgan fingerprint density at radius 3 is 2.37 bits per heavy atom. The molecule has 188 valence electrons. The molecule has 2 aromatic carbocycles. The van der Waals surface area contributed by atoms with Gasteiger partial charge in [-0.25, -0.2) is 4.98 Å². The lowest BCUT2D eigenvalue weighted by Crippen LogP contribution is -2.53. The fourth-order valence-electron chi connectivity index (χ4n) is 4.31. The van der Waals surface area contributed by atoms with Gasteiger partial charge in [-0.05, 0) is 49.6 Å². The maximum atomic E-state index is 13.3. The summed E-state index contributed by atoms with van der Waals surface area (Å²) < 4.78 is 85.6. The van der Waals surface area contributed by atoms with E-state index in [1.807, 2.05) is 4.90 Å². The lowest BCUT2D eigenvalue weighted by Gasteiger charge is -2.33. The molecule has 1 atom stereocenters. The number of anilines is 1. The van der Waals surface area contributed by atoms with Crippen LogP contribution in [0.1, 0.15) is 35.1 Å². The van der Waals surface area contributed by atoms with Crippen LogP contribution < -0.4 is 4.90 Å². The standard InChI is InChI=1S/C24H22F6N2O3/c1-13-8-17-10-18(22(34,23(25,26)27)24(28,29)30)6-7-20(17)32(13)11-19-14(2)35-21(31-19)16-5-3-4-15(9-16)12-33/h3-7,9-10,13,33-34H,8,11-12H2,1-2H3. The first kappa shape index (κ1) is 25.1. The Balaban J connectivity index is 1.65. The van der Waals surface area contributed by atoms with Gasteiger partial charge in [-0.15, -0.1) is 0 Å². The van der Waals surface area contributed by atoms with Gasteiger partial charge in [0.05, 0.1) is 13.2 Å². The molecule has 0 saturated heterocycles. The zero-order valence-corrected chi connectivity index (χ0v) is 18.7. The lowest BCUT2D eigenvalue weighted by atomic mass is 9.90. The second kappa shape index (κ2) is 8.56. The molecule has 0 bridgehead atoms. The first-order valence-corrected chi connectivity index (χ1v) is 10.7. The van der Waals surface area contributed by atoms with Crippen LogP contribution in [0.4, 0.5) is 32.0 Å². The van der Waals surface area contributed by atoms with Crippen LogP contribution in [-0.2, 0) is 25.2 Å². The quantitative estimate of drug-likeness (QED) is 0.459. The molecular formula is C24H22F6N2O3. The van der Waals surface area contributed by atoms with E-state index in [0.29, 0.717) is 40.2 Å². The molecule has 0 spiro atoms. The van der Waals surface area contributed by atoms with E-state index < -0.39 is 23.5 Å². The largest absolute Gasteiger partial charge is 0.441 e. The SMILES string of the molecule is Cc1oc(-c2cccc(CO)c2)nc1CN1c2ccc(C(O)(C(F)(F)F)C(F)(F)F)cc2CC1C. The zero-order valence-electron chi connectivity index (χ0n) is 18.7. The van der Waals surface area contributed by atoms with E-state index >= 15 is 0 Å². The molecule has 4 rings (SSSR count). The molecule has 35 heavy (non-hydrogen) atoms. The summed E-state index contributed by atoms with van der Waals surface area (Å²) in [5, 5.41) is 19.1. The predicted octanol–water partition coefficient (Wildman–Crippen LogP) is 5.41. The molecule has 1 aliphatic rings. The molecule has 1 aromatic heterocycles. The Morgan fingerprint density at radius 2 is 1.74 bits per heavy atom. The predicted molar refractivity (Wildman–Crippen MR) is 114 cm³/mol. The highest BCUT2D eigenvalue weighted by Crippen LogP contribution is 2.51. The van der Waals surface area contributed by atoms with Crippen LogP contribution in [0.2, 0.25) is 0 Å². The van der Waals surface area contributed by atoms with Crippen molar-refractivity contribution >= 4 is 5.69 Å². The number of rotatable bonds is 5. The Bertz CT molecular complexity index is 1220. The van der Waals surface area contributed by atoms with Gasteiger partial charge in [0.25, 0.3) is 5.60 Å². The summed E-state index contributed by atoms with van der Waals surface area (Å²) in [4.78, 5) is 6.34. The Morgan fingerprint density at radius 1 is 1.06 bits per heavy atom. The van der Waals surface area contributed by atoms with E-state index in [1.165, 1.54) is 0 Å². The molecule has 0 radical (unpaired) electrons. The highest BCUT2D eigenvalue weighted by Gasteiger charge is 2.71. The van der Waals surface area contributed by atoms with Crippen molar-refractivity contribution in [1.82, 2.24) is 4.98 Å². The van der Waals surface area contributed by atoms with Crippen molar-refractivity contribution in [2.24, 2.45) is 0 Å². The summed E-state index contributed by atoms with van der Waals surface area (Å²) in [6, 6.07) is 9.34. The second-order valence-corrected chi connectivity index (χ2v) is 8.61. The zero-order chi connectivity index (χ0) is 25.8. The molecule has 11 heteroatoms. The van der Waals surface area contributed by atoms with Gasteiger partial charge in [-0.2, -0.15) is 26.3 Å². The lowest BCUT2D eigenvalue weighted by molar-refractivity contribution is -0.376. The number of fused-ring (bicyclic) bond motifs is 1. The van der Waals surface area contributed by atoms with Crippen molar-refractivity contribution in [2.75, 3.05) is 4.90 Å². The van der Waals surface area contributed by atoms with E-state index in [2.05, 4.69) is 4.98 Å². The number of hydrogen-bond acceptors (Lipinski definition) is 5. The van der Waals surface area contributed by atoms with Gasteiger partial charge in [-0.1, -0.05) is 24.3 Å². The number of alkyl halides is 6. The second-order valence-electron chi connectivity index (χ2n) is 8.61. The van der Waals surface area contributed by atoms with Gasteiger partial charge in [0.15, 0.2) is 0 Å². The van der Waals surface area contributed by atoms with E-state index in [9.17, 15) is 36.6 Å². The molecule has 0 fully saturated rings. The van der Waals surface area contributed by atoms with Crippen molar-refractivity contribution in [3.05, 3.63) is 70.6 Å². The number of oxazole rings is 1. The number of aryl methyl sites for hydroxylation is 1. The molecule has 0 saturated carbocycles. The van der Waals surface area contributed by atoms with Gasteiger partial charge in [-0.3, -0.25) is 0 Å². The minimum absolute atomic E-state index is 0.151. The number of aliphatic hydroxyl groups is 2. The third kappa shape index (κ3) is 4.27. The average molecular weight is 500 g/mol. The minimum Gasteiger partial charge on any atom is -0.441 e. The van der Waals surface area contributed by atoms with Crippen LogP contribution in [0.3, 0.4) is 0 Å². The summed E-state index contributed by atoms with van der Waals surface area (Å²) in [5.41, 5.74) is -3.63. The van der Waals surface area contributed by atoms with Gasteiger partial charge in [0, 0.05) is 22.9 Å². The number of hydrogen-bond donors (Lipinski definition) is 2. The fourth-order valence-corrected chi connectivity index (χ4v) is 4.31. The van der Waals surface area contributed by atoms with Crippen molar-refractivity contribution in [3.8, 4) is 11.5 Å². The molecule has 0 amide bonds. The molecule has 0 aliphatic carbocycles. The van der Waals surface area contributed by atoms with E-state index in [4.69, 9.17) is 4.42 Å². The molecule has 2 N–H and O–H groups in total. The maximum Gasteiger partial charge on any atom is 0.430 e. The summed E-state index contributed by atoms with van der Waals surface area (Å²) in [6.45, 7) is 3.56. The van der Waals surface area contributed by atoms with Crippen molar-refractivity contribution < 1.29 is 41.0 Å². The van der Waals surface area contributed by atoms with Crippen LogP contribution in [0.15, 0.2) is 46.9 Å². The smallest absolute Gasteiger partial charge is 0.430 e. The molecule has 2 heterocycles. The van der Waals surface area contributed by atoms with E-state index in [-0.39, 0.29) is 31.2 Å². The highest BCUT2D eigenvalue weighted by atomic mass is 19.4. The van der Waals surface area contributed by atoms with Gasteiger partial charge in [0.1, 0.15) is 11.5 Å². The highest BCUT2D eigenvalue weighted by molar-refractivity contribution is 5.62. The van der Waals surface area contributed by atoms with Gasteiger partial charge < -0.3 is 19.5 Å². The number of aliphatic hydroxyl groups excluding tert-OH is 1. The van der Waals surface area contributed by atoms with Crippen molar-refractivity contribution in [3.63, 3.8) is 0 Å². The van der Waals surface area contributed by atoms with Crippen LogP contribution in [0, 0.1) is 6.92 Å². The third-order valence-electron chi connectivity index (χ3n) is 6.24. The average Bonchev–Trinajstić information content (AvgIpc) is 3.30. The van der Waals surface area contributed by atoms with Crippen LogP contribution in [0.5, 0.6) is 0 Å². The van der Waals surface area contributed by atoms with E-state index in [0.717, 1.165) is 12.1 Å². The first-order chi connectivity index (χ1) is 16.3. The molecule has 1 aliphatic heterocycles. The summed E-state index contributed by atoms with van der Waals surface area (Å²) >= 11 is 0. The van der Waals surface area contributed by atoms with Gasteiger partial charge >= 0.3 is 12.4 Å². The topological polar surface area (TPSA) is 69.7 Å². The summed E-state index contributed by atoms with van der Waals surface area (Å²) in [5.74, 6) is 0.839. The Hall–Kier alpha value is -3.05. The van der Waals surface area contributed by atoms with Gasteiger partial charge in [0.2, 0.25) is 5.89 Å². The third-order valence-corrected chi connectivity index (χ3v) is 6.24.